The molecule has 74 valence electrons. The van der Waals surface area contributed by atoms with Gasteiger partial charge in [-0.15, -0.1) is 0 Å². The molecule has 1 rings (SSSR count). The second-order valence-electron chi connectivity index (χ2n) is 3.79. The predicted molar refractivity (Wildman–Crippen MR) is 56.1 cm³/mol. The molecule has 0 saturated heterocycles. The Morgan fingerprint density at radius 2 is 1.85 bits per heavy atom. The zero-order chi connectivity index (χ0) is 10.0. The third-order valence-corrected chi connectivity index (χ3v) is 2.53. The summed E-state index contributed by atoms with van der Waals surface area (Å²) in [6, 6.07) is 0. The molecule has 0 fully saturated rings. The molecule has 0 amide bonds. The Bertz CT molecular complexity index is 285. The largest absolute Gasteiger partial charge is 0.272 e. The minimum absolute atomic E-state index is 0.596. The predicted octanol–water partition coefficient (Wildman–Crippen LogP) is 2.67. The molecule has 0 aliphatic heterocycles. The lowest BCUT2D eigenvalue weighted by molar-refractivity contribution is 0.701. The van der Waals surface area contributed by atoms with Crippen LogP contribution in [0.1, 0.15) is 50.6 Å². The van der Waals surface area contributed by atoms with Crippen molar-refractivity contribution in [2.75, 3.05) is 0 Å². The maximum atomic E-state index is 4.54. The van der Waals surface area contributed by atoms with E-state index in [9.17, 15) is 0 Å². The van der Waals surface area contributed by atoms with Gasteiger partial charge in [-0.05, 0) is 24.3 Å². The van der Waals surface area contributed by atoms with Gasteiger partial charge in [0, 0.05) is 12.7 Å². The molecule has 0 aromatic carbocycles. The molecule has 13 heavy (non-hydrogen) atoms. The van der Waals surface area contributed by atoms with Crippen LogP contribution in [0, 0.1) is 0 Å². The summed E-state index contributed by atoms with van der Waals surface area (Å²) in [5.74, 6) is 0.596. The van der Waals surface area contributed by atoms with Gasteiger partial charge in [0.1, 0.15) is 0 Å². The smallest absolute Gasteiger partial charge is 0.0659 e. The van der Waals surface area contributed by atoms with E-state index >= 15 is 0 Å². The van der Waals surface area contributed by atoms with Gasteiger partial charge in [0.25, 0.3) is 0 Å². The summed E-state index contributed by atoms with van der Waals surface area (Å²) in [5, 5.41) is 4.54. The zero-order valence-electron chi connectivity index (χ0n) is 9.39. The molecular weight excluding hydrogens is 160 g/mol. The number of aryl methyl sites for hydroxylation is 2. The van der Waals surface area contributed by atoms with Gasteiger partial charge in [-0.25, -0.2) is 0 Å². The Labute approximate surface area is 81.0 Å². The Balaban J connectivity index is 3.24. The maximum Gasteiger partial charge on any atom is 0.0659 e. The summed E-state index contributed by atoms with van der Waals surface area (Å²) in [6.45, 7) is 8.86. The summed E-state index contributed by atoms with van der Waals surface area (Å²) in [5.41, 5.74) is 4.13. The molecular formula is C11H20N2. The van der Waals surface area contributed by atoms with Gasteiger partial charge in [-0.3, -0.25) is 4.68 Å². The van der Waals surface area contributed by atoms with Crippen molar-refractivity contribution in [1.29, 1.82) is 0 Å². The highest BCUT2D eigenvalue weighted by Gasteiger charge is 2.15. The van der Waals surface area contributed by atoms with Crippen LogP contribution < -0.4 is 0 Å². The van der Waals surface area contributed by atoms with E-state index in [1.54, 1.807) is 0 Å². The summed E-state index contributed by atoms with van der Waals surface area (Å²) in [4.78, 5) is 0. The molecule has 0 radical (unpaired) electrons. The van der Waals surface area contributed by atoms with E-state index < -0.39 is 0 Å². The number of rotatable bonds is 3. The lowest BCUT2D eigenvalue weighted by Crippen LogP contribution is -1.99. The summed E-state index contributed by atoms with van der Waals surface area (Å²) < 4.78 is 2.04. The highest BCUT2D eigenvalue weighted by atomic mass is 15.3. The molecule has 1 aromatic rings. The Hall–Kier alpha value is -0.790. The van der Waals surface area contributed by atoms with Gasteiger partial charge in [-0.1, -0.05) is 27.7 Å². The highest BCUT2D eigenvalue weighted by molar-refractivity contribution is 5.29. The van der Waals surface area contributed by atoms with Gasteiger partial charge >= 0.3 is 0 Å². The maximum absolute atomic E-state index is 4.54. The minimum atomic E-state index is 0.596. The van der Waals surface area contributed by atoms with Crippen molar-refractivity contribution in [3.8, 4) is 0 Å². The Morgan fingerprint density at radius 3 is 2.23 bits per heavy atom. The number of nitrogens with zero attached hydrogens (tertiary/aromatic N) is 2. The van der Waals surface area contributed by atoms with Crippen molar-refractivity contribution in [3.05, 3.63) is 17.0 Å². The quantitative estimate of drug-likeness (QED) is 0.699. The number of aromatic nitrogens is 2. The molecule has 0 bridgehead atoms. The molecule has 0 saturated carbocycles. The molecule has 0 spiro atoms. The average molecular weight is 180 g/mol. The van der Waals surface area contributed by atoms with Crippen LogP contribution in [0.3, 0.4) is 0 Å². The van der Waals surface area contributed by atoms with E-state index in [1.807, 2.05) is 11.7 Å². The van der Waals surface area contributed by atoms with Crippen molar-refractivity contribution < 1.29 is 0 Å². The molecule has 0 unspecified atom stereocenters. The first-order chi connectivity index (χ1) is 6.11. The topological polar surface area (TPSA) is 17.8 Å². The molecule has 2 heteroatoms. The van der Waals surface area contributed by atoms with Crippen LogP contribution >= 0.6 is 0 Å². The fourth-order valence-corrected chi connectivity index (χ4v) is 1.98. The highest BCUT2D eigenvalue weighted by Crippen LogP contribution is 2.23. The van der Waals surface area contributed by atoms with E-state index in [0.29, 0.717) is 5.92 Å². The fourth-order valence-electron chi connectivity index (χ4n) is 1.98. The third-order valence-electron chi connectivity index (χ3n) is 2.53. The summed E-state index contributed by atoms with van der Waals surface area (Å²) in [7, 11) is 2.05. The molecule has 0 aliphatic carbocycles. The van der Waals surface area contributed by atoms with Gasteiger partial charge in [0.2, 0.25) is 0 Å². The zero-order valence-corrected chi connectivity index (χ0v) is 9.39. The molecule has 0 N–H and O–H groups in total. The molecule has 0 aliphatic rings. The van der Waals surface area contributed by atoms with Crippen molar-refractivity contribution in [1.82, 2.24) is 9.78 Å². The Kier molecular flexibility index (Phi) is 3.12. The average Bonchev–Trinajstić information content (AvgIpc) is 2.41. The normalized spacial score (nSPS) is 11.2. The van der Waals surface area contributed by atoms with Gasteiger partial charge in [-0.2, -0.15) is 5.10 Å². The molecule has 1 heterocycles. The van der Waals surface area contributed by atoms with Crippen molar-refractivity contribution >= 4 is 0 Å². The lowest BCUT2D eigenvalue weighted by Gasteiger charge is -2.07. The van der Waals surface area contributed by atoms with E-state index in [2.05, 4.69) is 32.8 Å². The van der Waals surface area contributed by atoms with Gasteiger partial charge in [0.15, 0.2) is 0 Å². The van der Waals surface area contributed by atoms with Crippen molar-refractivity contribution in [2.24, 2.45) is 7.05 Å². The SMILES string of the molecule is CCc1nn(C)c(CC)c1C(C)C. The van der Waals surface area contributed by atoms with E-state index in [-0.39, 0.29) is 0 Å². The first-order valence-electron chi connectivity index (χ1n) is 5.16. The van der Waals surface area contributed by atoms with Crippen LogP contribution in [-0.2, 0) is 19.9 Å². The summed E-state index contributed by atoms with van der Waals surface area (Å²) in [6.07, 6.45) is 2.12. The van der Waals surface area contributed by atoms with E-state index in [1.165, 1.54) is 17.0 Å². The van der Waals surface area contributed by atoms with Crippen LogP contribution in [0.2, 0.25) is 0 Å². The lowest BCUT2D eigenvalue weighted by atomic mass is 9.98. The van der Waals surface area contributed by atoms with E-state index in [4.69, 9.17) is 0 Å². The third kappa shape index (κ3) is 1.77. The standard InChI is InChI=1S/C11H20N2/c1-6-9-11(8(3)4)10(7-2)13(5)12-9/h8H,6-7H2,1-5H3. The van der Waals surface area contributed by atoms with Gasteiger partial charge in [0.05, 0.1) is 5.69 Å². The van der Waals surface area contributed by atoms with Gasteiger partial charge < -0.3 is 0 Å². The fraction of sp³-hybridized carbons (Fsp3) is 0.727. The van der Waals surface area contributed by atoms with Crippen LogP contribution in [0.25, 0.3) is 0 Å². The molecule has 2 nitrogen and oxygen atoms in total. The number of hydrogen-bond donors (Lipinski definition) is 0. The minimum Gasteiger partial charge on any atom is -0.272 e. The van der Waals surface area contributed by atoms with Crippen LogP contribution in [-0.4, -0.2) is 9.78 Å². The summed E-state index contributed by atoms with van der Waals surface area (Å²) >= 11 is 0. The second-order valence-corrected chi connectivity index (χ2v) is 3.79. The second kappa shape index (κ2) is 3.95. The van der Waals surface area contributed by atoms with Crippen LogP contribution in [0.15, 0.2) is 0 Å². The van der Waals surface area contributed by atoms with E-state index in [0.717, 1.165) is 12.8 Å². The Morgan fingerprint density at radius 1 is 1.23 bits per heavy atom. The molecule has 0 atom stereocenters. The number of hydrogen-bond acceptors (Lipinski definition) is 1. The van der Waals surface area contributed by atoms with Crippen LogP contribution in [0.4, 0.5) is 0 Å². The first kappa shape index (κ1) is 10.3. The van der Waals surface area contributed by atoms with Crippen molar-refractivity contribution in [3.63, 3.8) is 0 Å². The molecule has 1 aromatic heterocycles. The van der Waals surface area contributed by atoms with Crippen LogP contribution in [0.5, 0.6) is 0 Å². The first-order valence-corrected chi connectivity index (χ1v) is 5.16. The van der Waals surface area contributed by atoms with Crippen molar-refractivity contribution in [2.45, 2.75) is 46.5 Å². The monoisotopic (exact) mass is 180 g/mol.